The second-order valence-electron chi connectivity index (χ2n) is 4.62. The van der Waals surface area contributed by atoms with Crippen LogP contribution in [0.1, 0.15) is 18.4 Å². The molecule has 1 heterocycles. The van der Waals surface area contributed by atoms with Crippen molar-refractivity contribution in [1.82, 2.24) is 10.2 Å². The minimum atomic E-state index is 0.609. The molecule has 1 saturated heterocycles. The lowest BCUT2D eigenvalue weighted by atomic mass is 10.0. The number of likely N-dealkylation sites (tertiary alicyclic amines) is 1. The highest BCUT2D eigenvalue weighted by atomic mass is 15.1. The molecule has 0 spiro atoms. The summed E-state index contributed by atoms with van der Waals surface area (Å²) in [4.78, 5) is 2.52. The first-order valence-electron chi connectivity index (χ1n) is 6.31. The van der Waals surface area contributed by atoms with Gasteiger partial charge in [-0.2, -0.15) is 0 Å². The van der Waals surface area contributed by atoms with Gasteiger partial charge in [0.1, 0.15) is 0 Å². The first-order chi connectivity index (χ1) is 8.38. The molecule has 1 N–H and O–H groups in total. The lowest BCUT2D eigenvalue weighted by Crippen LogP contribution is -2.42. The molecule has 0 aliphatic carbocycles. The van der Waals surface area contributed by atoms with E-state index in [9.17, 15) is 0 Å². The van der Waals surface area contributed by atoms with Gasteiger partial charge in [0.05, 0.1) is 6.54 Å². The van der Waals surface area contributed by atoms with Crippen molar-refractivity contribution in [1.29, 1.82) is 0 Å². The molecule has 2 rings (SSSR count). The number of nitrogens with one attached hydrogen (secondary N) is 1. The minimum Gasteiger partial charge on any atom is -0.303 e. The molecule has 17 heavy (non-hydrogen) atoms. The number of rotatable bonds is 4. The molecule has 1 fully saturated rings. The van der Waals surface area contributed by atoms with Gasteiger partial charge in [-0.1, -0.05) is 36.3 Å². The van der Waals surface area contributed by atoms with E-state index in [0.29, 0.717) is 12.6 Å². The second kappa shape index (κ2) is 6.44. The molecule has 0 unspecified atom stereocenters. The van der Waals surface area contributed by atoms with Crippen LogP contribution in [0.2, 0.25) is 0 Å². The molecule has 0 radical (unpaired) electrons. The molecule has 0 bridgehead atoms. The van der Waals surface area contributed by atoms with E-state index in [4.69, 9.17) is 6.42 Å². The van der Waals surface area contributed by atoms with E-state index in [0.717, 1.165) is 19.6 Å². The van der Waals surface area contributed by atoms with Crippen LogP contribution in [-0.4, -0.2) is 30.6 Å². The zero-order valence-corrected chi connectivity index (χ0v) is 10.2. The topological polar surface area (TPSA) is 15.3 Å². The molecule has 2 nitrogen and oxygen atoms in total. The van der Waals surface area contributed by atoms with E-state index in [1.165, 1.54) is 18.4 Å². The van der Waals surface area contributed by atoms with Crippen LogP contribution >= 0.6 is 0 Å². The summed E-state index contributed by atoms with van der Waals surface area (Å²) >= 11 is 0. The van der Waals surface area contributed by atoms with Gasteiger partial charge in [0.25, 0.3) is 0 Å². The predicted molar refractivity (Wildman–Crippen MR) is 71.6 cm³/mol. The van der Waals surface area contributed by atoms with Crippen LogP contribution in [-0.2, 0) is 6.54 Å². The van der Waals surface area contributed by atoms with Crippen LogP contribution < -0.4 is 5.32 Å². The van der Waals surface area contributed by atoms with Crippen LogP contribution in [0.5, 0.6) is 0 Å². The van der Waals surface area contributed by atoms with Gasteiger partial charge < -0.3 is 5.32 Å². The Bertz CT molecular complexity index is 358. The van der Waals surface area contributed by atoms with Crippen molar-refractivity contribution in [3.8, 4) is 12.3 Å². The van der Waals surface area contributed by atoms with Gasteiger partial charge in [0, 0.05) is 12.6 Å². The monoisotopic (exact) mass is 228 g/mol. The number of hydrogen-bond donors (Lipinski definition) is 1. The van der Waals surface area contributed by atoms with E-state index in [1.807, 2.05) is 0 Å². The molecule has 1 aliphatic heterocycles. The fourth-order valence-electron chi connectivity index (χ4n) is 2.34. The average Bonchev–Trinajstić information content (AvgIpc) is 2.39. The van der Waals surface area contributed by atoms with Crippen LogP contribution in [0.25, 0.3) is 0 Å². The van der Waals surface area contributed by atoms with E-state index in [-0.39, 0.29) is 0 Å². The molecule has 90 valence electrons. The van der Waals surface area contributed by atoms with Crippen LogP contribution in [0.15, 0.2) is 30.3 Å². The maximum atomic E-state index is 5.25. The van der Waals surface area contributed by atoms with Crippen LogP contribution in [0, 0.1) is 12.3 Å². The number of hydrogen-bond acceptors (Lipinski definition) is 2. The van der Waals surface area contributed by atoms with Crippen LogP contribution in [0.4, 0.5) is 0 Å². The van der Waals surface area contributed by atoms with Gasteiger partial charge in [-0.3, -0.25) is 4.90 Å². The Hall–Kier alpha value is -1.30. The van der Waals surface area contributed by atoms with Crippen LogP contribution in [0.3, 0.4) is 0 Å². The van der Waals surface area contributed by atoms with Gasteiger partial charge in [0.2, 0.25) is 0 Å². The van der Waals surface area contributed by atoms with E-state index < -0.39 is 0 Å². The van der Waals surface area contributed by atoms with E-state index in [1.54, 1.807) is 0 Å². The van der Waals surface area contributed by atoms with Crippen molar-refractivity contribution >= 4 is 0 Å². The van der Waals surface area contributed by atoms with Crippen molar-refractivity contribution < 1.29 is 0 Å². The van der Waals surface area contributed by atoms with Crippen molar-refractivity contribution in [3.63, 3.8) is 0 Å². The number of piperidine rings is 1. The fraction of sp³-hybridized carbons (Fsp3) is 0.467. The molecule has 0 amide bonds. The number of benzene rings is 1. The SMILES string of the molecule is C#CCNC1CCN(Cc2ccccc2)CC1. The molecular formula is C15H20N2. The maximum Gasteiger partial charge on any atom is 0.0575 e. The van der Waals surface area contributed by atoms with Gasteiger partial charge in [-0.25, -0.2) is 0 Å². The predicted octanol–water partition coefficient (Wildman–Crippen LogP) is 1.87. The van der Waals surface area contributed by atoms with Crippen molar-refractivity contribution in [2.75, 3.05) is 19.6 Å². The Balaban J connectivity index is 1.74. The average molecular weight is 228 g/mol. The summed E-state index contributed by atoms with van der Waals surface area (Å²) in [6.45, 7) is 4.10. The Morgan fingerprint density at radius 1 is 1.24 bits per heavy atom. The first kappa shape index (κ1) is 12.2. The lowest BCUT2D eigenvalue weighted by Gasteiger charge is -2.32. The molecule has 0 saturated carbocycles. The highest BCUT2D eigenvalue weighted by molar-refractivity contribution is 5.14. The summed E-state index contributed by atoms with van der Waals surface area (Å²) in [7, 11) is 0. The minimum absolute atomic E-state index is 0.609. The molecule has 1 aliphatic rings. The Morgan fingerprint density at radius 3 is 2.59 bits per heavy atom. The quantitative estimate of drug-likeness (QED) is 0.792. The van der Waals surface area contributed by atoms with Gasteiger partial charge in [-0.05, 0) is 31.5 Å². The van der Waals surface area contributed by atoms with Gasteiger partial charge in [0.15, 0.2) is 0 Å². The zero-order valence-electron chi connectivity index (χ0n) is 10.2. The molecule has 0 atom stereocenters. The second-order valence-corrected chi connectivity index (χ2v) is 4.62. The molecular weight excluding hydrogens is 208 g/mol. The zero-order chi connectivity index (χ0) is 11.9. The third-order valence-corrected chi connectivity index (χ3v) is 3.33. The maximum absolute atomic E-state index is 5.25. The number of nitrogens with zero attached hydrogens (tertiary/aromatic N) is 1. The van der Waals surface area contributed by atoms with Gasteiger partial charge >= 0.3 is 0 Å². The van der Waals surface area contributed by atoms with Gasteiger partial charge in [-0.15, -0.1) is 6.42 Å². The Morgan fingerprint density at radius 2 is 1.94 bits per heavy atom. The van der Waals surface area contributed by atoms with Crippen molar-refractivity contribution in [3.05, 3.63) is 35.9 Å². The highest BCUT2D eigenvalue weighted by Crippen LogP contribution is 2.13. The largest absolute Gasteiger partial charge is 0.303 e. The molecule has 0 aromatic heterocycles. The summed E-state index contributed by atoms with van der Waals surface area (Å²) < 4.78 is 0. The molecule has 1 aromatic rings. The lowest BCUT2D eigenvalue weighted by molar-refractivity contribution is 0.193. The number of terminal acetylenes is 1. The summed E-state index contributed by atoms with van der Waals surface area (Å²) in [6.07, 6.45) is 7.66. The van der Waals surface area contributed by atoms with Crippen molar-refractivity contribution in [2.45, 2.75) is 25.4 Å². The third kappa shape index (κ3) is 3.89. The standard InChI is InChI=1S/C15H20N2/c1-2-10-16-15-8-11-17(12-9-15)13-14-6-4-3-5-7-14/h1,3-7,15-16H,8-13H2. The smallest absolute Gasteiger partial charge is 0.0575 e. The molecule has 1 aromatic carbocycles. The summed E-state index contributed by atoms with van der Waals surface area (Å²) in [5.74, 6) is 2.64. The Labute approximate surface area is 104 Å². The molecule has 2 heteroatoms. The highest BCUT2D eigenvalue weighted by Gasteiger charge is 2.18. The van der Waals surface area contributed by atoms with E-state index in [2.05, 4.69) is 46.5 Å². The first-order valence-corrected chi connectivity index (χ1v) is 6.31. The Kier molecular flexibility index (Phi) is 4.61. The fourth-order valence-corrected chi connectivity index (χ4v) is 2.34. The van der Waals surface area contributed by atoms with E-state index >= 15 is 0 Å². The summed E-state index contributed by atoms with van der Waals surface area (Å²) in [5, 5.41) is 3.39. The summed E-state index contributed by atoms with van der Waals surface area (Å²) in [5.41, 5.74) is 1.41. The normalized spacial score (nSPS) is 17.8. The summed E-state index contributed by atoms with van der Waals surface area (Å²) in [6, 6.07) is 11.3. The third-order valence-electron chi connectivity index (χ3n) is 3.33. The van der Waals surface area contributed by atoms with Crippen molar-refractivity contribution in [2.24, 2.45) is 0 Å².